The summed E-state index contributed by atoms with van der Waals surface area (Å²) in [7, 11) is 0. The molecule has 1 aliphatic heterocycles. The lowest BCUT2D eigenvalue weighted by atomic mass is 10.1. The van der Waals surface area contributed by atoms with Crippen molar-refractivity contribution in [3.63, 3.8) is 0 Å². The maximum Gasteiger partial charge on any atom is 0.240 e. The Bertz CT molecular complexity index is 456. The van der Waals surface area contributed by atoms with E-state index >= 15 is 0 Å². The van der Waals surface area contributed by atoms with Crippen LogP contribution in [0.3, 0.4) is 0 Å². The smallest absolute Gasteiger partial charge is 0.240 e. The Labute approximate surface area is 118 Å². The minimum absolute atomic E-state index is 0.140. The van der Waals surface area contributed by atoms with E-state index in [0.717, 1.165) is 11.3 Å². The largest absolute Gasteiger partial charge is 0.295 e. The quantitative estimate of drug-likeness (QED) is 0.842. The molecule has 1 heterocycles. The summed E-state index contributed by atoms with van der Waals surface area (Å²) in [5.74, 6) is -0.312. The van der Waals surface area contributed by atoms with Crippen LogP contribution in [0.15, 0.2) is 29.2 Å². The molecule has 2 amide bonds. The highest BCUT2D eigenvalue weighted by Gasteiger charge is 2.27. The summed E-state index contributed by atoms with van der Waals surface area (Å²) in [6.45, 7) is 2.19. The average molecular weight is 277 g/mol. The molecule has 0 bridgehead atoms. The first-order chi connectivity index (χ1) is 9.19. The van der Waals surface area contributed by atoms with Gasteiger partial charge in [0.25, 0.3) is 0 Å². The third kappa shape index (κ3) is 4.10. The van der Waals surface area contributed by atoms with Crippen LogP contribution in [0.1, 0.15) is 38.2 Å². The van der Waals surface area contributed by atoms with Gasteiger partial charge in [-0.05, 0) is 37.0 Å². The van der Waals surface area contributed by atoms with E-state index in [1.54, 1.807) is 11.8 Å². The van der Waals surface area contributed by atoms with Crippen LogP contribution in [0, 0.1) is 0 Å². The fourth-order valence-corrected chi connectivity index (χ4v) is 3.09. The van der Waals surface area contributed by atoms with Gasteiger partial charge in [-0.1, -0.05) is 25.5 Å². The zero-order chi connectivity index (χ0) is 13.7. The zero-order valence-corrected chi connectivity index (χ0v) is 12.0. The van der Waals surface area contributed by atoms with Crippen LogP contribution in [-0.2, 0) is 16.0 Å². The molecule has 1 aromatic rings. The number of carbonyl (C=O) groups excluding carboxylic acids is 2. The maximum absolute atomic E-state index is 11.7. The number of benzene rings is 1. The molecule has 3 nitrogen and oxygen atoms in total. The van der Waals surface area contributed by atoms with Gasteiger partial charge >= 0.3 is 0 Å². The lowest BCUT2D eigenvalue weighted by Crippen LogP contribution is -2.42. The normalized spacial score (nSPS) is 19.3. The Kier molecular flexibility index (Phi) is 5.02. The number of piperidine rings is 1. The van der Waals surface area contributed by atoms with Gasteiger partial charge in [-0.15, -0.1) is 11.8 Å². The van der Waals surface area contributed by atoms with Crippen molar-refractivity contribution in [2.45, 2.75) is 49.2 Å². The van der Waals surface area contributed by atoms with Gasteiger partial charge in [-0.25, -0.2) is 0 Å². The molecule has 0 aliphatic carbocycles. The molecule has 2 rings (SSSR count). The van der Waals surface area contributed by atoms with Gasteiger partial charge in [0, 0.05) is 11.3 Å². The first kappa shape index (κ1) is 14.1. The second-order valence-corrected chi connectivity index (χ2v) is 6.08. The number of amides is 2. The second kappa shape index (κ2) is 6.75. The average Bonchev–Trinajstić information content (AvgIpc) is 2.41. The Hall–Kier alpha value is -1.29. The Balaban J connectivity index is 1.92. The SMILES string of the molecule is CCCCc1ccc(SC2CCC(=O)NC2=O)cc1. The number of aryl methyl sites for hydroxylation is 1. The zero-order valence-electron chi connectivity index (χ0n) is 11.1. The van der Waals surface area contributed by atoms with Crippen molar-refractivity contribution in [3.05, 3.63) is 29.8 Å². The number of rotatable bonds is 5. The molecule has 1 saturated heterocycles. The van der Waals surface area contributed by atoms with Gasteiger partial charge in [0.05, 0.1) is 5.25 Å². The van der Waals surface area contributed by atoms with E-state index in [1.807, 2.05) is 0 Å². The van der Waals surface area contributed by atoms with Gasteiger partial charge in [0.15, 0.2) is 0 Å². The van der Waals surface area contributed by atoms with Crippen LogP contribution in [0.25, 0.3) is 0 Å². The van der Waals surface area contributed by atoms with Crippen molar-refractivity contribution in [2.75, 3.05) is 0 Å². The van der Waals surface area contributed by atoms with Crippen molar-refractivity contribution in [1.29, 1.82) is 0 Å². The summed E-state index contributed by atoms with van der Waals surface area (Å²) in [5, 5.41) is 2.25. The maximum atomic E-state index is 11.7. The number of imide groups is 1. The first-order valence-corrected chi connectivity index (χ1v) is 7.66. The highest BCUT2D eigenvalue weighted by molar-refractivity contribution is 8.00. The van der Waals surface area contributed by atoms with Crippen LogP contribution >= 0.6 is 11.8 Å². The summed E-state index contributed by atoms with van der Waals surface area (Å²) in [6, 6.07) is 8.40. The van der Waals surface area contributed by atoms with Crippen molar-refractivity contribution in [3.8, 4) is 0 Å². The summed E-state index contributed by atoms with van der Waals surface area (Å²) >= 11 is 1.54. The summed E-state index contributed by atoms with van der Waals surface area (Å²) in [4.78, 5) is 23.8. The lowest BCUT2D eigenvalue weighted by Gasteiger charge is -2.20. The van der Waals surface area contributed by atoms with E-state index in [1.165, 1.54) is 18.4 Å². The molecule has 0 saturated carbocycles. The Morgan fingerprint density at radius 3 is 2.63 bits per heavy atom. The molecule has 1 aliphatic rings. The lowest BCUT2D eigenvalue weighted by molar-refractivity contribution is -0.132. The highest BCUT2D eigenvalue weighted by Crippen LogP contribution is 2.28. The van der Waals surface area contributed by atoms with Crippen LogP contribution < -0.4 is 5.32 Å². The summed E-state index contributed by atoms with van der Waals surface area (Å²) in [6.07, 6.45) is 4.59. The molecule has 4 heteroatoms. The van der Waals surface area contributed by atoms with E-state index in [-0.39, 0.29) is 17.1 Å². The third-order valence-electron chi connectivity index (χ3n) is 3.21. The van der Waals surface area contributed by atoms with Crippen molar-refractivity contribution < 1.29 is 9.59 Å². The molecule has 1 atom stereocenters. The standard InChI is InChI=1S/C15H19NO2S/c1-2-3-4-11-5-7-12(8-6-11)19-13-9-10-14(17)16-15(13)18/h5-8,13H,2-4,9-10H2,1H3,(H,16,17,18). The van der Waals surface area contributed by atoms with Crippen LogP contribution in [0.5, 0.6) is 0 Å². The predicted molar refractivity (Wildman–Crippen MR) is 77.1 cm³/mol. The van der Waals surface area contributed by atoms with Gasteiger partial charge < -0.3 is 0 Å². The number of hydrogen-bond acceptors (Lipinski definition) is 3. The first-order valence-electron chi connectivity index (χ1n) is 6.78. The topological polar surface area (TPSA) is 46.2 Å². The molecular formula is C15H19NO2S. The molecule has 0 spiro atoms. The van der Waals surface area contributed by atoms with E-state index in [4.69, 9.17) is 0 Å². The minimum Gasteiger partial charge on any atom is -0.295 e. The van der Waals surface area contributed by atoms with Gasteiger partial charge in [0.2, 0.25) is 11.8 Å². The molecule has 0 radical (unpaired) electrons. The molecule has 1 aromatic carbocycles. The minimum atomic E-state index is -0.156. The molecule has 102 valence electrons. The fraction of sp³-hybridized carbons (Fsp3) is 0.467. The van der Waals surface area contributed by atoms with Crippen molar-refractivity contribution in [2.24, 2.45) is 0 Å². The molecule has 0 aromatic heterocycles. The Morgan fingerprint density at radius 2 is 2.00 bits per heavy atom. The molecular weight excluding hydrogens is 258 g/mol. The van der Waals surface area contributed by atoms with E-state index < -0.39 is 0 Å². The van der Waals surface area contributed by atoms with Crippen LogP contribution in [-0.4, -0.2) is 17.1 Å². The third-order valence-corrected chi connectivity index (χ3v) is 4.49. The fourth-order valence-electron chi connectivity index (χ4n) is 2.07. The van der Waals surface area contributed by atoms with Gasteiger partial charge in [-0.2, -0.15) is 0 Å². The molecule has 19 heavy (non-hydrogen) atoms. The number of hydrogen-bond donors (Lipinski definition) is 1. The van der Waals surface area contributed by atoms with E-state index in [0.29, 0.717) is 12.8 Å². The molecule has 1 N–H and O–H groups in total. The number of unbranched alkanes of at least 4 members (excludes halogenated alkanes) is 1. The van der Waals surface area contributed by atoms with E-state index in [2.05, 4.69) is 36.5 Å². The number of thioether (sulfide) groups is 1. The van der Waals surface area contributed by atoms with E-state index in [9.17, 15) is 9.59 Å². The van der Waals surface area contributed by atoms with Crippen LogP contribution in [0.4, 0.5) is 0 Å². The van der Waals surface area contributed by atoms with Gasteiger partial charge in [-0.3, -0.25) is 14.9 Å². The number of nitrogens with one attached hydrogen (secondary N) is 1. The van der Waals surface area contributed by atoms with Crippen LogP contribution in [0.2, 0.25) is 0 Å². The Morgan fingerprint density at radius 1 is 1.26 bits per heavy atom. The second-order valence-electron chi connectivity index (χ2n) is 4.81. The molecule has 1 fully saturated rings. The number of carbonyl (C=O) groups is 2. The summed E-state index contributed by atoms with van der Waals surface area (Å²) in [5.41, 5.74) is 1.34. The highest BCUT2D eigenvalue weighted by atomic mass is 32.2. The summed E-state index contributed by atoms with van der Waals surface area (Å²) < 4.78 is 0. The van der Waals surface area contributed by atoms with Crippen molar-refractivity contribution in [1.82, 2.24) is 5.32 Å². The molecule has 1 unspecified atom stereocenters. The predicted octanol–water partition coefficient (Wildman–Crippen LogP) is 2.93. The van der Waals surface area contributed by atoms with Crippen molar-refractivity contribution >= 4 is 23.6 Å². The van der Waals surface area contributed by atoms with Gasteiger partial charge in [0.1, 0.15) is 0 Å². The monoisotopic (exact) mass is 277 g/mol.